The van der Waals surface area contributed by atoms with Gasteiger partial charge in [0.1, 0.15) is 11.9 Å². The molecule has 0 spiro atoms. The maximum atomic E-state index is 13.5. The highest BCUT2D eigenvalue weighted by atomic mass is 79.9. The third kappa shape index (κ3) is 2.81. The molecule has 0 bridgehead atoms. The van der Waals surface area contributed by atoms with Crippen LogP contribution in [0.4, 0.5) is 10.1 Å². The Balaban J connectivity index is 1.73. The Morgan fingerprint density at radius 1 is 1.24 bits per heavy atom. The quantitative estimate of drug-likeness (QED) is 0.848. The summed E-state index contributed by atoms with van der Waals surface area (Å²) in [5.41, 5.74) is 0.509. The Labute approximate surface area is 130 Å². The number of carbonyl (C=O) groups is 2. The van der Waals surface area contributed by atoms with Crippen LogP contribution in [0, 0.1) is 5.82 Å². The molecular weight excluding hydrogens is 339 g/mol. The van der Waals surface area contributed by atoms with Crippen LogP contribution >= 0.6 is 15.9 Å². The minimum Gasteiger partial charge on any atom is -0.373 e. The van der Waals surface area contributed by atoms with E-state index in [1.165, 1.54) is 11.0 Å². The van der Waals surface area contributed by atoms with E-state index in [1.807, 2.05) is 0 Å². The van der Waals surface area contributed by atoms with Crippen molar-refractivity contribution in [1.29, 1.82) is 0 Å². The zero-order chi connectivity index (χ0) is 15.0. The predicted molar refractivity (Wildman–Crippen MR) is 80.2 cm³/mol. The van der Waals surface area contributed by atoms with Gasteiger partial charge in [-0.1, -0.05) is 12.8 Å². The lowest BCUT2D eigenvalue weighted by Crippen LogP contribution is -2.40. The molecule has 1 heterocycles. The number of halogens is 2. The number of rotatable bonds is 3. The van der Waals surface area contributed by atoms with E-state index in [9.17, 15) is 14.0 Å². The van der Waals surface area contributed by atoms with Crippen molar-refractivity contribution >= 4 is 33.4 Å². The third-order valence-electron chi connectivity index (χ3n) is 4.13. The molecule has 1 atom stereocenters. The first-order valence-corrected chi connectivity index (χ1v) is 7.93. The average molecular weight is 355 g/mol. The van der Waals surface area contributed by atoms with Crippen LogP contribution in [0.25, 0.3) is 0 Å². The van der Waals surface area contributed by atoms with Gasteiger partial charge in [-0.25, -0.2) is 4.39 Å². The van der Waals surface area contributed by atoms with Crippen molar-refractivity contribution in [2.75, 3.05) is 5.32 Å². The highest BCUT2D eigenvalue weighted by molar-refractivity contribution is 9.10. The number of carbonyl (C=O) groups excluding carboxylic acids is 2. The Morgan fingerprint density at radius 2 is 1.95 bits per heavy atom. The van der Waals surface area contributed by atoms with Gasteiger partial charge in [-0.3, -0.25) is 14.5 Å². The average Bonchev–Trinajstić information content (AvgIpc) is 3.04. The molecule has 1 aromatic carbocycles. The molecule has 1 unspecified atom stereocenters. The highest BCUT2D eigenvalue weighted by Gasteiger charge is 2.42. The Kier molecular flexibility index (Phi) is 3.97. The molecule has 6 heteroatoms. The maximum Gasteiger partial charge on any atom is 0.252 e. The second-order valence-corrected chi connectivity index (χ2v) is 6.42. The molecule has 0 aromatic heterocycles. The standard InChI is InChI=1S/C15H16BrFN2O2/c16-11-6-5-9(7-12(11)17)18-13-8-14(20)19(15(13)21)10-3-1-2-4-10/h5-7,10,13,18H,1-4,8H2. The van der Waals surface area contributed by atoms with E-state index in [1.54, 1.807) is 12.1 Å². The Bertz CT molecular complexity index is 587. The summed E-state index contributed by atoms with van der Waals surface area (Å²) in [6.07, 6.45) is 4.08. The molecule has 2 aliphatic rings. The first-order valence-electron chi connectivity index (χ1n) is 7.14. The molecule has 3 rings (SSSR count). The number of nitrogens with one attached hydrogen (secondary N) is 1. The fraction of sp³-hybridized carbons (Fsp3) is 0.467. The molecule has 21 heavy (non-hydrogen) atoms. The van der Waals surface area contributed by atoms with Gasteiger partial charge in [0.2, 0.25) is 5.91 Å². The van der Waals surface area contributed by atoms with E-state index in [-0.39, 0.29) is 24.3 Å². The second-order valence-electron chi connectivity index (χ2n) is 5.57. The van der Waals surface area contributed by atoms with Crippen LogP contribution in [-0.2, 0) is 9.59 Å². The van der Waals surface area contributed by atoms with Crippen molar-refractivity contribution in [1.82, 2.24) is 4.90 Å². The summed E-state index contributed by atoms with van der Waals surface area (Å²) in [4.78, 5) is 25.9. The number of likely N-dealkylation sites (tertiary alicyclic amines) is 1. The molecule has 2 amide bonds. The molecule has 0 radical (unpaired) electrons. The van der Waals surface area contributed by atoms with Gasteiger partial charge in [-0.05, 0) is 47.0 Å². The topological polar surface area (TPSA) is 49.4 Å². The van der Waals surface area contributed by atoms with Crippen molar-refractivity contribution in [3.63, 3.8) is 0 Å². The smallest absolute Gasteiger partial charge is 0.252 e. The van der Waals surface area contributed by atoms with Crippen LogP contribution in [0.3, 0.4) is 0 Å². The SMILES string of the molecule is O=C1CC(Nc2ccc(Br)c(F)c2)C(=O)N1C1CCCC1. The molecule has 1 aromatic rings. The zero-order valence-corrected chi connectivity index (χ0v) is 13.0. The fourth-order valence-corrected chi connectivity index (χ4v) is 3.34. The number of hydrogen-bond donors (Lipinski definition) is 1. The van der Waals surface area contributed by atoms with E-state index >= 15 is 0 Å². The van der Waals surface area contributed by atoms with Gasteiger partial charge in [0, 0.05) is 11.7 Å². The lowest BCUT2D eigenvalue weighted by atomic mass is 10.2. The van der Waals surface area contributed by atoms with E-state index in [2.05, 4.69) is 21.2 Å². The van der Waals surface area contributed by atoms with Crippen LogP contribution in [0.2, 0.25) is 0 Å². The summed E-state index contributed by atoms with van der Waals surface area (Å²) in [6, 6.07) is 4.05. The third-order valence-corrected chi connectivity index (χ3v) is 4.78. The Morgan fingerprint density at radius 3 is 2.62 bits per heavy atom. The number of hydrogen-bond acceptors (Lipinski definition) is 3. The van der Waals surface area contributed by atoms with Crippen molar-refractivity contribution < 1.29 is 14.0 Å². The van der Waals surface area contributed by atoms with Crippen molar-refractivity contribution in [2.45, 2.75) is 44.2 Å². The Hall–Kier alpha value is -1.43. The summed E-state index contributed by atoms with van der Waals surface area (Å²) < 4.78 is 13.9. The van der Waals surface area contributed by atoms with Gasteiger partial charge in [0.15, 0.2) is 0 Å². The predicted octanol–water partition coefficient (Wildman–Crippen LogP) is 3.07. The summed E-state index contributed by atoms with van der Waals surface area (Å²) in [5, 5.41) is 2.97. The number of benzene rings is 1. The van der Waals surface area contributed by atoms with E-state index in [4.69, 9.17) is 0 Å². The molecule has 1 saturated heterocycles. The van der Waals surface area contributed by atoms with E-state index < -0.39 is 11.9 Å². The summed E-state index contributed by atoms with van der Waals surface area (Å²) >= 11 is 3.09. The molecule has 112 valence electrons. The fourth-order valence-electron chi connectivity index (χ4n) is 3.10. The first kappa shape index (κ1) is 14.5. The van der Waals surface area contributed by atoms with Crippen molar-refractivity contribution in [3.8, 4) is 0 Å². The van der Waals surface area contributed by atoms with Crippen LogP contribution < -0.4 is 5.32 Å². The number of amides is 2. The molecular formula is C15H16BrFN2O2. The lowest BCUT2D eigenvalue weighted by Gasteiger charge is -2.22. The monoisotopic (exact) mass is 354 g/mol. The summed E-state index contributed by atoms with van der Waals surface area (Å²) in [5.74, 6) is -0.707. The van der Waals surface area contributed by atoms with Crippen LogP contribution in [0.5, 0.6) is 0 Å². The van der Waals surface area contributed by atoms with Crippen LogP contribution in [-0.4, -0.2) is 28.8 Å². The molecule has 1 saturated carbocycles. The molecule has 1 N–H and O–H groups in total. The molecule has 1 aliphatic carbocycles. The minimum absolute atomic E-state index is 0.0541. The van der Waals surface area contributed by atoms with Gasteiger partial charge in [-0.2, -0.15) is 0 Å². The van der Waals surface area contributed by atoms with Crippen molar-refractivity contribution in [2.24, 2.45) is 0 Å². The first-order chi connectivity index (χ1) is 10.1. The lowest BCUT2D eigenvalue weighted by molar-refractivity contribution is -0.141. The normalized spacial score (nSPS) is 23.1. The molecule has 4 nitrogen and oxygen atoms in total. The minimum atomic E-state index is -0.585. The van der Waals surface area contributed by atoms with Gasteiger partial charge in [0.25, 0.3) is 5.91 Å². The highest BCUT2D eigenvalue weighted by Crippen LogP contribution is 2.29. The van der Waals surface area contributed by atoms with Gasteiger partial charge in [0.05, 0.1) is 10.9 Å². The van der Waals surface area contributed by atoms with Gasteiger partial charge in [-0.15, -0.1) is 0 Å². The van der Waals surface area contributed by atoms with E-state index in [0.29, 0.717) is 10.2 Å². The zero-order valence-electron chi connectivity index (χ0n) is 11.4. The largest absolute Gasteiger partial charge is 0.373 e. The van der Waals surface area contributed by atoms with Crippen LogP contribution in [0.1, 0.15) is 32.1 Å². The van der Waals surface area contributed by atoms with Gasteiger partial charge < -0.3 is 5.32 Å². The second kappa shape index (κ2) is 5.75. The van der Waals surface area contributed by atoms with E-state index in [0.717, 1.165) is 25.7 Å². The molecule has 1 aliphatic heterocycles. The number of imide groups is 1. The number of nitrogens with zero attached hydrogens (tertiary/aromatic N) is 1. The number of anilines is 1. The van der Waals surface area contributed by atoms with Gasteiger partial charge >= 0.3 is 0 Å². The van der Waals surface area contributed by atoms with Crippen molar-refractivity contribution in [3.05, 3.63) is 28.5 Å². The molecule has 2 fully saturated rings. The maximum absolute atomic E-state index is 13.5. The summed E-state index contributed by atoms with van der Waals surface area (Å²) in [6.45, 7) is 0. The van der Waals surface area contributed by atoms with Crippen LogP contribution in [0.15, 0.2) is 22.7 Å². The summed E-state index contributed by atoms with van der Waals surface area (Å²) in [7, 11) is 0.